The number of nitrogens with one attached hydrogen (secondary N) is 1. The highest BCUT2D eigenvalue weighted by molar-refractivity contribution is 6.31. The minimum Gasteiger partial charge on any atom is -0.310 e. The van der Waals surface area contributed by atoms with Gasteiger partial charge in [-0.05, 0) is 50.1 Å². The van der Waals surface area contributed by atoms with E-state index in [2.05, 4.69) is 56.3 Å². The molecule has 2 aromatic rings. The molecule has 1 aromatic heterocycles. The average molecular weight is 306 g/mol. The van der Waals surface area contributed by atoms with Crippen molar-refractivity contribution in [3.05, 3.63) is 46.2 Å². The zero-order valence-electron chi connectivity index (χ0n) is 13.3. The highest BCUT2D eigenvalue weighted by Crippen LogP contribution is 2.26. The summed E-state index contributed by atoms with van der Waals surface area (Å²) < 4.78 is 2.01. The fraction of sp³-hybridized carbons (Fsp3) is 0.471. The zero-order valence-corrected chi connectivity index (χ0v) is 14.0. The fourth-order valence-corrected chi connectivity index (χ4v) is 2.88. The second-order valence-corrected chi connectivity index (χ2v) is 5.64. The molecule has 3 nitrogen and oxygen atoms in total. The van der Waals surface area contributed by atoms with Crippen LogP contribution in [0.3, 0.4) is 0 Å². The molecule has 1 atom stereocenters. The number of aromatic nitrogens is 2. The Bertz CT molecular complexity index is 604. The van der Waals surface area contributed by atoms with Crippen LogP contribution in [-0.2, 0) is 12.8 Å². The first-order valence-corrected chi connectivity index (χ1v) is 8.09. The molecule has 0 bridgehead atoms. The number of nitrogens with zero attached hydrogens (tertiary/aromatic N) is 2. The van der Waals surface area contributed by atoms with Gasteiger partial charge in [-0.3, -0.25) is 0 Å². The Morgan fingerprint density at radius 3 is 2.52 bits per heavy atom. The number of rotatable bonds is 6. The highest BCUT2D eigenvalue weighted by atomic mass is 35.5. The van der Waals surface area contributed by atoms with Gasteiger partial charge in [0.25, 0.3) is 0 Å². The molecule has 1 aromatic carbocycles. The van der Waals surface area contributed by atoms with E-state index < -0.39 is 0 Å². The molecule has 0 saturated heterocycles. The van der Waals surface area contributed by atoms with Gasteiger partial charge in [0.15, 0.2) is 0 Å². The van der Waals surface area contributed by atoms with Crippen LogP contribution in [-0.4, -0.2) is 16.3 Å². The van der Waals surface area contributed by atoms with E-state index in [0.29, 0.717) is 0 Å². The topological polar surface area (TPSA) is 29.9 Å². The van der Waals surface area contributed by atoms with Crippen LogP contribution in [0.5, 0.6) is 0 Å². The summed E-state index contributed by atoms with van der Waals surface area (Å²) >= 11 is 6.46. The van der Waals surface area contributed by atoms with Gasteiger partial charge in [0.05, 0.1) is 11.4 Å². The summed E-state index contributed by atoms with van der Waals surface area (Å²) in [6.45, 7) is 9.43. The lowest BCUT2D eigenvalue weighted by molar-refractivity contribution is 0.598. The molecule has 0 radical (unpaired) electrons. The van der Waals surface area contributed by atoms with Crippen molar-refractivity contribution in [3.63, 3.8) is 0 Å². The van der Waals surface area contributed by atoms with E-state index in [1.165, 1.54) is 5.69 Å². The lowest BCUT2D eigenvalue weighted by Gasteiger charge is -2.16. The zero-order chi connectivity index (χ0) is 15.4. The first-order valence-electron chi connectivity index (χ1n) is 7.71. The van der Waals surface area contributed by atoms with Crippen molar-refractivity contribution in [3.8, 4) is 5.69 Å². The molecule has 0 aliphatic rings. The van der Waals surface area contributed by atoms with Gasteiger partial charge >= 0.3 is 0 Å². The molecule has 1 unspecified atom stereocenters. The first kappa shape index (κ1) is 16.1. The average Bonchev–Trinajstić information content (AvgIpc) is 2.90. The highest BCUT2D eigenvalue weighted by Gasteiger charge is 2.12. The van der Waals surface area contributed by atoms with Gasteiger partial charge in [0.1, 0.15) is 0 Å². The van der Waals surface area contributed by atoms with Crippen molar-refractivity contribution < 1.29 is 0 Å². The Labute approximate surface area is 132 Å². The van der Waals surface area contributed by atoms with Crippen LogP contribution in [0.15, 0.2) is 24.3 Å². The number of benzene rings is 1. The summed E-state index contributed by atoms with van der Waals surface area (Å²) in [5, 5.41) is 8.84. The summed E-state index contributed by atoms with van der Waals surface area (Å²) in [6, 6.07) is 8.63. The molecular weight excluding hydrogens is 282 g/mol. The number of aryl methyl sites for hydroxylation is 2. The molecule has 0 aliphatic carbocycles. The number of hydrogen-bond acceptors (Lipinski definition) is 2. The van der Waals surface area contributed by atoms with Gasteiger partial charge in [0.2, 0.25) is 0 Å². The van der Waals surface area contributed by atoms with Crippen LogP contribution in [0, 0.1) is 0 Å². The lowest BCUT2D eigenvalue weighted by atomic mass is 10.1. The molecule has 114 valence electrons. The van der Waals surface area contributed by atoms with Crippen molar-refractivity contribution in [2.75, 3.05) is 6.54 Å². The molecule has 0 saturated carbocycles. The Kier molecular flexibility index (Phi) is 5.43. The third-order valence-electron chi connectivity index (χ3n) is 3.76. The van der Waals surface area contributed by atoms with Crippen LogP contribution in [0.4, 0.5) is 0 Å². The Morgan fingerprint density at radius 2 is 1.95 bits per heavy atom. The summed E-state index contributed by atoms with van der Waals surface area (Å²) in [5.74, 6) is 0. The Hall–Kier alpha value is -1.32. The summed E-state index contributed by atoms with van der Waals surface area (Å²) in [5.41, 5.74) is 4.50. The van der Waals surface area contributed by atoms with Crippen molar-refractivity contribution >= 4 is 11.6 Å². The SMILES string of the molecule is CCNC(C)c1ccc(-n2nc(CC)cc2CC)cc1Cl. The van der Waals surface area contributed by atoms with E-state index in [9.17, 15) is 0 Å². The van der Waals surface area contributed by atoms with Crippen LogP contribution in [0.2, 0.25) is 5.02 Å². The monoisotopic (exact) mass is 305 g/mol. The summed E-state index contributed by atoms with van der Waals surface area (Å²) in [4.78, 5) is 0. The molecule has 21 heavy (non-hydrogen) atoms. The minimum absolute atomic E-state index is 0.256. The minimum atomic E-state index is 0.256. The number of halogens is 1. The largest absolute Gasteiger partial charge is 0.310 e. The normalized spacial score (nSPS) is 12.6. The second kappa shape index (κ2) is 7.10. The van der Waals surface area contributed by atoms with Crippen molar-refractivity contribution in [1.82, 2.24) is 15.1 Å². The standard InChI is InChI=1S/C17H24ClN3/c1-5-13-10-14(6-2)21(20-13)15-8-9-16(17(18)11-15)12(4)19-7-3/h8-12,19H,5-7H2,1-4H3. The predicted molar refractivity (Wildman–Crippen MR) is 89.4 cm³/mol. The molecule has 1 N–H and O–H groups in total. The Balaban J connectivity index is 2.38. The maximum Gasteiger partial charge on any atom is 0.0663 e. The van der Waals surface area contributed by atoms with Gasteiger partial charge in [0, 0.05) is 16.8 Å². The summed E-state index contributed by atoms with van der Waals surface area (Å²) in [6.07, 6.45) is 1.91. The quantitative estimate of drug-likeness (QED) is 0.861. The second-order valence-electron chi connectivity index (χ2n) is 5.23. The van der Waals surface area contributed by atoms with Crippen molar-refractivity contribution in [2.45, 2.75) is 46.6 Å². The first-order chi connectivity index (χ1) is 10.1. The molecular formula is C17H24ClN3. The van der Waals surface area contributed by atoms with Gasteiger partial charge in [-0.2, -0.15) is 5.10 Å². The van der Waals surface area contributed by atoms with E-state index in [1.807, 2.05) is 10.7 Å². The molecule has 0 spiro atoms. The van der Waals surface area contributed by atoms with E-state index in [1.54, 1.807) is 0 Å². The van der Waals surface area contributed by atoms with Gasteiger partial charge in [-0.15, -0.1) is 0 Å². The van der Waals surface area contributed by atoms with Crippen molar-refractivity contribution in [1.29, 1.82) is 0 Å². The molecule has 0 aliphatic heterocycles. The predicted octanol–water partition coefficient (Wildman–Crippen LogP) is 4.32. The lowest BCUT2D eigenvalue weighted by Crippen LogP contribution is -2.18. The van der Waals surface area contributed by atoms with Crippen LogP contribution in [0.1, 0.15) is 50.7 Å². The fourth-order valence-electron chi connectivity index (χ4n) is 2.54. The van der Waals surface area contributed by atoms with E-state index >= 15 is 0 Å². The summed E-state index contributed by atoms with van der Waals surface area (Å²) in [7, 11) is 0. The van der Waals surface area contributed by atoms with Gasteiger partial charge in [-0.1, -0.05) is 38.4 Å². The molecule has 4 heteroatoms. The Morgan fingerprint density at radius 1 is 1.19 bits per heavy atom. The van der Waals surface area contributed by atoms with E-state index in [4.69, 9.17) is 11.6 Å². The van der Waals surface area contributed by atoms with Crippen LogP contribution < -0.4 is 5.32 Å². The smallest absolute Gasteiger partial charge is 0.0663 e. The third kappa shape index (κ3) is 3.47. The van der Waals surface area contributed by atoms with E-state index in [0.717, 1.165) is 41.4 Å². The van der Waals surface area contributed by atoms with E-state index in [-0.39, 0.29) is 6.04 Å². The number of hydrogen-bond donors (Lipinski definition) is 1. The molecule has 1 heterocycles. The van der Waals surface area contributed by atoms with Gasteiger partial charge in [-0.25, -0.2) is 4.68 Å². The molecule has 0 fully saturated rings. The maximum atomic E-state index is 6.46. The maximum absolute atomic E-state index is 6.46. The van der Waals surface area contributed by atoms with Crippen LogP contribution in [0.25, 0.3) is 5.69 Å². The molecule has 0 amide bonds. The van der Waals surface area contributed by atoms with Gasteiger partial charge < -0.3 is 5.32 Å². The molecule has 2 rings (SSSR count). The third-order valence-corrected chi connectivity index (χ3v) is 4.09. The van der Waals surface area contributed by atoms with Crippen molar-refractivity contribution in [2.24, 2.45) is 0 Å². The van der Waals surface area contributed by atoms with Crippen LogP contribution >= 0.6 is 11.6 Å².